The van der Waals surface area contributed by atoms with Gasteiger partial charge in [-0.1, -0.05) is 20.3 Å². The Bertz CT molecular complexity index is 393. The van der Waals surface area contributed by atoms with Gasteiger partial charge in [-0.25, -0.2) is 0 Å². The molecule has 1 aromatic carbocycles. The third kappa shape index (κ3) is 4.30. The second-order valence-corrected chi connectivity index (χ2v) is 4.22. The first-order chi connectivity index (χ1) is 8.02. The summed E-state index contributed by atoms with van der Waals surface area (Å²) in [4.78, 5) is 10.2. The van der Waals surface area contributed by atoms with E-state index in [0.717, 1.165) is 12.8 Å². The summed E-state index contributed by atoms with van der Waals surface area (Å²) in [5.41, 5.74) is 5.88. The number of nitrogen functional groups attached to an aromatic ring is 1. The molecule has 0 aliphatic rings. The minimum atomic E-state index is -0.474. The first kappa shape index (κ1) is 13.3. The van der Waals surface area contributed by atoms with E-state index in [-0.39, 0.29) is 5.69 Å². The Hall–Kier alpha value is -1.78. The van der Waals surface area contributed by atoms with Crippen molar-refractivity contribution in [2.75, 3.05) is 12.3 Å². The van der Waals surface area contributed by atoms with Gasteiger partial charge >= 0.3 is 0 Å². The maximum absolute atomic E-state index is 10.6. The normalized spacial score (nSPS) is 12.1. The topological polar surface area (TPSA) is 78.4 Å². The quantitative estimate of drug-likeness (QED) is 0.469. The predicted molar refractivity (Wildman–Crippen MR) is 67.1 cm³/mol. The lowest BCUT2D eigenvalue weighted by Crippen LogP contribution is -2.08. The van der Waals surface area contributed by atoms with Gasteiger partial charge in [0.15, 0.2) is 0 Å². The number of nitro benzene ring substituents is 1. The van der Waals surface area contributed by atoms with Crippen LogP contribution < -0.4 is 10.5 Å². The molecule has 94 valence electrons. The Morgan fingerprint density at radius 2 is 2.18 bits per heavy atom. The van der Waals surface area contributed by atoms with Crippen molar-refractivity contribution in [1.29, 1.82) is 0 Å². The highest BCUT2D eigenvalue weighted by molar-refractivity contribution is 5.53. The number of ether oxygens (including phenoxy) is 1. The van der Waals surface area contributed by atoms with Gasteiger partial charge in [0.1, 0.15) is 5.75 Å². The van der Waals surface area contributed by atoms with Crippen LogP contribution in [0.2, 0.25) is 0 Å². The minimum absolute atomic E-state index is 0.0388. The molecule has 0 amide bonds. The Kier molecular flexibility index (Phi) is 4.75. The molecule has 0 aliphatic carbocycles. The summed E-state index contributed by atoms with van der Waals surface area (Å²) in [6.45, 7) is 4.75. The lowest BCUT2D eigenvalue weighted by Gasteiger charge is -2.12. The molecule has 17 heavy (non-hydrogen) atoms. The summed E-state index contributed by atoms with van der Waals surface area (Å²) >= 11 is 0. The highest BCUT2D eigenvalue weighted by Gasteiger charge is 2.10. The SMILES string of the molecule is CCCC(C)COc1cc(N)cc([N+](=O)[O-])c1. The van der Waals surface area contributed by atoms with Crippen LogP contribution in [0.3, 0.4) is 0 Å². The Morgan fingerprint density at radius 3 is 2.76 bits per heavy atom. The van der Waals surface area contributed by atoms with Crippen molar-refractivity contribution in [2.24, 2.45) is 5.92 Å². The summed E-state index contributed by atoms with van der Waals surface area (Å²) in [5.74, 6) is 0.889. The number of rotatable bonds is 6. The molecule has 2 N–H and O–H groups in total. The molecule has 0 bridgehead atoms. The van der Waals surface area contributed by atoms with E-state index in [1.54, 1.807) is 6.07 Å². The van der Waals surface area contributed by atoms with E-state index in [9.17, 15) is 10.1 Å². The third-order valence-electron chi connectivity index (χ3n) is 2.44. The zero-order valence-corrected chi connectivity index (χ0v) is 10.2. The fraction of sp³-hybridized carbons (Fsp3) is 0.500. The van der Waals surface area contributed by atoms with Gasteiger partial charge in [0.2, 0.25) is 0 Å². The fourth-order valence-electron chi connectivity index (χ4n) is 1.61. The van der Waals surface area contributed by atoms with Crippen molar-refractivity contribution >= 4 is 11.4 Å². The number of benzene rings is 1. The number of nitrogens with zero attached hydrogens (tertiary/aromatic N) is 1. The van der Waals surface area contributed by atoms with E-state index < -0.39 is 4.92 Å². The highest BCUT2D eigenvalue weighted by Crippen LogP contribution is 2.24. The molecule has 0 fully saturated rings. The highest BCUT2D eigenvalue weighted by atomic mass is 16.6. The molecule has 0 aliphatic heterocycles. The molecule has 5 heteroatoms. The number of nitrogens with two attached hydrogens (primary N) is 1. The first-order valence-electron chi connectivity index (χ1n) is 5.70. The van der Waals surface area contributed by atoms with Crippen LogP contribution >= 0.6 is 0 Å². The van der Waals surface area contributed by atoms with Gasteiger partial charge in [0, 0.05) is 17.8 Å². The van der Waals surface area contributed by atoms with Crippen molar-refractivity contribution in [2.45, 2.75) is 26.7 Å². The second kappa shape index (κ2) is 6.08. The fourth-order valence-corrected chi connectivity index (χ4v) is 1.61. The van der Waals surface area contributed by atoms with Gasteiger partial charge in [-0.2, -0.15) is 0 Å². The molecule has 1 atom stereocenters. The van der Waals surface area contributed by atoms with Crippen LogP contribution in [0.4, 0.5) is 11.4 Å². The largest absolute Gasteiger partial charge is 0.493 e. The van der Waals surface area contributed by atoms with Crippen molar-refractivity contribution in [3.8, 4) is 5.75 Å². The lowest BCUT2D eigenvalue weighted by atomic mass is 10.1. The number of anilines is 1. The summed E-state index contributed by atoms with van der Waals surface area (Å²) in [6.07, 6.45) is 2.17. The summed E-state index contributed by atoms with van der Waals surface area (Å²) < 4.78 is 5.51. The van der Waals surface area contributed by atoms with E-state index in [2.05, 4.69) is 13.8 Å². The molecule has 0 radical (unpaired) electrons. The maximum atomic E-state index is 10.6. The molecule has 0 saturated heterocycles. The molecule has 0 aromatic heterocycles. The van der Waals surface area contributed by atoms with Crippen molar-refractivity contribution in [1.82, 2.24) is 0 Å². The maximum Gasteiger partial charge on any atom is 0.275 e. The molecule has 1 rings (SSSR count). The van der Waals surface area contributed by atoms with Gasteiger partial charge in [0.25, 0.3) is 5.69 Å². The van der Waals surface area contributed by atoms with Crippen LogP contribution in [0, 0.1) is 16.0 Å². The summed E-state index contributed by atoms with van der Waals surface area (Å²) in [7, 11) is 0. The monoisotopic (exact) mass is 238 g/mol. The zero-order valence-electron chi connectivity index (χ0n) is 10.2. The second-order valence-electron chi connectivity index (χ2n) is 4.22. The van der Waals surface area contributed by atoms with Crippen molar-refractivity contribution in [3.05, 3.63) is 28.3 Å². The molecular formula is C12H18N2O3. The van der Waals surface area contributed by atoms with Gasteiger partial charge in [-0.15, -0.1) is 0 Å². The van der Waals surface area contributed by atoms with E-state index in [1.807, 2.05) is 0 Å². The van der Waals surface area contributed by atoms with Gasteiger partial charge in [-0.05, 0) is 12.3 Å². The number of hydrogen-bond donors (Lipinski definition) is 1. The number of hydrogen-bond acceptors (Lipinski definition) is 4. The molecule has 0 heterocycles. The molecule has 1 aromatic rings. The molecule has 0 saturated carbocycles. The molecule has 0 spiro atoms. The van der Waals surface area contributed by atoms with E-state index in [0.29, 0.717) is 24.0 Å². The van der Waals surface area contributed by atoms with E-state index >= 15 is 0 Å². The average molecular weight is 238 g/mol. The standard InChI is InChI=1S/C12H18N2O3/c1-3-4-9(2)8-17-12-6-10(13)5-11(7-12)14(15)16/h5-7,9H,3-4,8,13H2,1-2H3. The van der Waals surface area contributed by atoms with Gasteiger partial charge < -0.3 is 10.5 Å². The molecule has 5 nitrogen and oxygen atoms in total. The van der Waals surface area contributed by atoms with Gasteiger partial charge in [0.05, 0.1) is 17.6 Å². The van der Waals surface area contributed by atoms with E-state index in [1.165, 1.54) is 12.1 Å². The van der Waals surface area contributed by atoms with Crippen LogP contribution in [0.25, 0.3) is 0 Å². The van der Waals surface area contributed by atoms with Crippen LogP contribution in [0.5, 0.6) is 5.75 Å². The van der Waals surface area contributed by atoms with Crippen molar-refractivity contribution < 1.29 is 9.66 Å². The Morgan fingerprint density at radius 1 is 1.47 bits per heavy atom. The average Bonchev–Trinajstić information content (AvgIpc) is 2.26. The molecule has 1 unspecified atom stereocenters. The van der Waals surface area contributed by atoms with Crippen LogP contribution in [-0.2, 0) is 0 Å². The lowest BCUT2D eigenvalue weighted by molar-refractivity contribution is -0.384. The number of non-ortho nitro benzene ring substituents is 1. The summed E-state index contributed by atoms with van der Waals surface area (Å²) in [6, 6.07) is 4.32. The zero-order chi connectivity index (χ0) is 12.8. The predicted octanol–water partition coefficient (Wildman–Crippen LogP) is 2.99. The van der Waals surface area contributed by atoms with Crippen LogP contribution in [0.15, 0.2) is 18.2 Å². The Balaban J connectivity index is 2.68. The molecular weight excluding hydrogens is 220 g/mol. The smallest absolute Gasteiger partial charge is 0.275 e. The number of nitro groups is 1. The van der Waals surface area contributed by atoms with Crippen LogP contribution in [-0.4, -0.2) is 11.5 Å². The minimum Gasteiger partial charge on any atom is -0.493 e. The third-order valence-corrected chi connectivity index (χ3v) is 2.44. The van der Waals surface area contributed by atoms with Gasteiger partial charge in [-0.3, -0.25) is 10.1 Å². The van der Waals surface area contributed by atoms with E-state index in [4.69, 9.17) is 10.5 Å². The van der Waals surface area contributed by atoms with Crippen molar-refractivity contribution in [3.63, 3.8) is 0 Å². The van der Waals surface area contributed by atoms with Crippen LogP contribution in [0.1, 0.15) is 26.7 Å². The Labute approximate surface area is 101 Å². The summed E-state index contributed by atoms with van der Waals surface area (Å²) in [5, 5.41) is 10.6. The first-order valence-corrected chi connectivity index (χ1v) is 5.70.